The number of thiophene rings is 1. The fourth-order valence-corrected chi connectivity index (χ4v) is 4.03. The number of nitrogens with zero attached hydrogens (tertiary/aromatic N) is 2. The number of hydrogen-bond acceptors (Lipinski definition) is 4. The standard InChI is InChI=1S/C13H17N3OS/c1-13(2,3)7-4-5-8-9(6-7)18-12-10(8)11(17)14-16-15-12/h7H,4-6H2,1-3H3,(H,14,15,17)/t7-/m1/s1. The van der Waals surface area contributed by atoms with Crippen LogP contribution in [0.25, 0.3) is 10.2 Å². The van der Waals surface area contributed by atoms with Crippen LogP contribution in [0.15, 0.2) is 4.79 Å². The largest absolute Gasteiger partial charge is 0.276 e. The van der Waals surface area contributed by atoms with Gasteiger partial charge in [0.1, 0.15) is 0 Å². The van der Waals surface area contributed by atoms with Crippen LogP contribution in [-0.4, -0.2) is 15.4 Å². The van der Waals surface area contributed by atoms with Gasteiger partial charge >= 0.3 is 0 Å². The summed E-state index contributed by atoms with van der Waals surface area (Å²) in [6.07, 6.45) is 3.22. The van der Waals surface area contributed by atoms with E-state index in [9.17, 15) is 4.79 Å². The highest BCUT2D eigenvalue weighted by molar-refractivity contribution is 7.18. The number of rotatable bonds is 0. The monoisotopic (exact) mass is 263 g/mol. The zero-order chi connectivity index (χ0) is 12.9. The lowest BCUT2D eigenvalue weighted by Gasteiger charge is -2.33. The third kappa shape index (κ3) is 1.77. The number of fused-ring (bicyclic) bond motifs is 3. The third-order valence-electron chi connectivity index (χ3n) is 3.99. The van der Waals surface area contributed by atoms with Crippen molar-refractivity contribution in [2.75, 3.05) is 0 Å². The van der Waals surface area contributed by atoms with Crippen molar-refractivity contribution in [2.24, 2.45) is 11.3 Å². The van der Waals surface area contributed by atoms with Crippen LogP contribution in [-0.2, 0) is 12.8 Å². The highest BCUT2D eigenvalue weighted by atomic mass is 32.1. The maximum atomic E-state index is 11.8. The van der Waals surface area contributed by atoms with Gasteiger partial charge in [0.05, 0.1) is 5.39 Å². The number of aromatic amines is 1. The van der Waals surface area contributed by atoms with Crippen molar-refractivity contribution in [3.63, 3.8) is 0 Å². The van der Waals surface area contributed by atoms with Crippen LogP contribution in [0.5, 0.6) is 0 Å². The molecule has 0 radical (unpaired) electrons. The summed E-state index contributed by atoms with van der Waals surface area (Å²) in [5, 5.41) is 10.9. The molecular formula is C13H17N3OS. The van der Waals surface area contributed by atoms with E-state index in [0.29, 0.717) is 11.3 Å². The van der Waals surface area contributed by atoms with E-state index >= 15 is 0 Å². The van der Waals surface area contributed by atoms with Crippen molar-refractivity contribution in [1.82, 2.24) is 15.4 Å². The molecule has 1 N–H and O–H groups in total. The van der Waals surface area contributed by atoms with Gasteiger partial charge in [-0.05, 0) is 36.2 Å². The molecule has 0 amide bonds. The minimum Gasteiger partial charge on any atom is -0.267 e. The minimum absolute atomic E-state index is 0.0910. The Bertz CT molecular complexity index is 650. The summed E-state index contributed by atoms with van der Waals surface area (Å²) in [7, 11) is 0. The quantitative estimate of drug-likeness (QED) is 0.794. The summed E-state index contributed by atoms with van der Waals surface area (Å²) >= 11 is 1.64. The van der Waals surface area contributed by atoms with E-state index in [1.807, 2.05) is 0 Å². The predicted molar refractivity (Wildman–Crippen MR) is 73.0 cm³/mol. The Morgan fingerprint density at radius 1 is 1.39 bits per heavy atom. The van der Waals surface area contributed by atoms with E-state index in [2.05, 4.69) is 36.2 Å². The Balaban J connectivity index is 2.11. The second-order valence-corrected chi connectivity index (χ2v) is 7.21. The fourth-order valence-electron chi connectivity index (χ4n) is 2.79. The molecule has 0 unspecified atom stereocenters. The predicted octanol–water partition coefficient (Wildman–Crippen LogP) is 2.53. The van der Waals surface area contributed by atoms with Crippen molar-refractivity contribution in [3.8, 4) is 0 Å². The van der Waals surface area contributed by atoms with Crippen molar-refractivity contribution in [2.45, 2.75) is 40.0 Å². The summed E-state index contributed by atoms with van der Waals surface area (Å²) in [5.41, 5.74) is 1.45. The molecule has 0 saturated carbocycles. The molecule has 1 aliphatic carbocycles. The second-order valence-electron chi connectivity index (χ2n) is 6.13. The molecule has 0 bridgehead atoms. The molecule has 96 valence electrons. The summed E-state index contributed by atoms with van der Waals surface area (Å²) in [5.74, 6) is 0.685. The number of hydrogen-bond donors (Lipinski definition) is 1. The van der Waals surface area contributed by atoms with Crippen LogP contribution < -0.4 is 5.56 Å². The molecule has 0 spiro atoms. The Kier molecular flexibility index (Phi) is 2.55. The van der Waals surface area contributed by atoms with Crippen LogP contribution in [0.3, 0.4) is 0 Å². The Morgan fingerprint density at radius 3 is 2.89 bits per heavy atom. The highest BCUT2D eigenvalue weighted by Gasteiger charge is 2.31. The Labute approximate surface area is 109 Å². The van der Waals surface area contributed by atoms with Crippen LogP contribution in [0.2, 0.25) is 0 Å². The minimum atomic E-state index is -0.0910. The molecule has 2 aromatic heterocycles. The molecule has 0 aromatic carbocycles. The zero-order valence-corrected chi connectivity index (χ0v) is 11.7. The molecule has 2 aromatic rings. The maximum absolute atomic E-state index is 11.8. The highest BCUT2D eigenvalue weighted by Crippen LogP contribution is 2.41. The van der Waals surface area contributed by atoms with Crippen LogP contribution in [0.1, 0.15) is 37.6 Å². The van der Waals surface area contributed by atoms with Gasteiger partial charge in [0.15, 0.2) is 4.83 Å². The van der Waals surface area contributed by atoms with Crippen LogP contribution >= 0.6 is 11.3 Å². The molecule has 4 nitrogen and oxygen atoms in total. The van der Waals surface area contributed by atoms with Gasteiger partial charge in [-0.25, -0.2) is 5.10 Å². The lowest BCUT2D eigenvalue weighted by molar-refractivity contribution is 0.218. The zero-order valence-electron chi connectivity index (χ0n) is 10.9. The molecule has 18 heavy (non-hydrogen) atoms. The first-order valence-electron chi connectivity index (χ1n) is 6.32. The van der Waals surface area contributed by atoms with Gasteiger partial charge in [-0.2, -0.15) is 0 Å². The van der Waals surface area contributed by atoms with Gasteiger partial charge in [-0.3, -0.25) is 4.79 Å². The lowest BCUT2D eigenvalue weighted by Crippen LogP contribution is -2.26. The Hall–Kier alpha value is -1.23. The van der Waals surface area contributed by atoms with E-state index in [4.69, 9.17) is 0 Å². The number of H-pyrrole nitrogens is 1. The van der Waals surface area contributed by atoms with Crippen LogP contribution in [0.4, 0.5) is 0 Å². The summed E-state index contributed by atoms with van der Waals surface area (Å²) in [6, 6.07) is 0. The van der Waals surface area contributed by atoms with E-state index in [1.165, 1.54) is 10.4 Å². The average molecular weight is 263 g/mol. The van der Waals surface area contributed by atoms with Gasteiger partial charge in [0, 0.05) is 4.88 Å². The first kappa shape index (κ1) is 11.8. The fraction of sp³-hybridized carbons (Fsp3) is 0.615. The van der Waals surface area contributed by atoms with Gasteiger partial charge < -0.3 is 0 Å². The van der Waals surface area contributed by atoms with Gasteiger partial charge in [-0.1, -0.05) is 26.0 Å². The van der Waals surface area contributed by atoms with E-state index in [1.54, 1.807) is 11.3 Å². The van der Waals surface area contributed by atoms with Gasteiger partial charge in [0.25, 0.3) is 5.56 Å². The van der Waals surface area contributed by atoms with Crippen molar-refractivity contribution in [1.29, 1.82) is 0 Å². The van der Waals surface area contributed by atoms with Crippen LogP contribution in [0, 0.1) is 11.3 Å². The third-order valence-corrected chi connectivity index (χ3v) is 5.13. The number of nitrogens with one attached hydrogen (secondary N) is 1. The first-order chi connectivity index (χ1) is 8.47. The summed E-state index contributed by atoms with van der Waals surface area (Å²) < 4.78 is 0. The second kappa shape index (κ2) is 3.88. The molecule has 3 rings (SSSR count). The first-order valence-corrected chi connectivity index (χ1v) is 7.14. The van der Waals surface area contributed by atoms with Crippen molar-refractivity contribution < 1.29 is 0 Å². The maximum Gasteiger partial charge on any atom is 0.276 e. The normalized spacial score (nSPS) is 20.1. The number of aromatic nitrogens is 3. The molecule has 1 atom stereocenters. The molecule has 1 aliphatic rings. The molecule has 0 aliphatic heterocycles. The molecule has 0 fully saturated rings. The molecule has 5 heteroatoms. The SMILES string of the molecule is CC(C)(C)[C@@H]1CCc2c(sc3nn[nH]c(=O)c23)C1. The van der Waals surface area contributed by atoms with E-state index < -0.39 is 0 Å². The summed E-state index contributed by atoms with van der Waals surface area (Å²) in [6.45, 7) is 6.88. The van der Waals surface area contributed by atoms with Gasteiger partial charge in [-0.15, -0.1) is 16.4 Å². The van der Waals surface area contributed by atoms with Crippen molar-refractivity contribution >= 4 is 21.6 Å². The summed E-state index contributed by atoms with van der Waals surface area (Å²) in [4.78, 5) is 14.0. The Morgan fingerprint density at radius 2 is 2.17 bits per heavy atom. The topological polar surface area (TPSA) is 58.6 Å². The van der Waals surface area contributed by atoms with E-state index in [-0.39, 0.29) is 5.56 Å². The smallest absolute Gasteiger partial charge is 0.267 e. The molecular weight excluding hydrogens is 246 g/mol. The number of aryl methyl sites for hydroxylation is 1. The average Bonchev–Trinajstić information content (AvgIpc) is 2.66. The van der Waals surface area contributed by atoms with E-state index in [0.717, 1.165) is 29.5 Å². The molecule has 0 saturated heterocycles. The van der Waals surface area contributed by atoms with Crippen molar-refractivity contribution in [3.05, 3.63) is 20.8 Å². The molecule has 2 heterocycles. The van der Waals surface area contributed by atoms with Gasteiger partial charge in [0.2, 0.25) is 0 Å². The lowest BCUT2D eigenvalue weighted by atomic mass is 9.72.